The molecule has 76 valence electrons. The quantitative estimate of drug-likeness (QED) is 0.804. The molecule has 0 heterocycles. The van der Waals surface area contributed by atoms with Crippen LogP contribution in [0.25, 0.3) is 0 Å². The number of benzene rings is 1. The van der Waals surface area contributed by atoms with Crippen LogP contribution in [0.5, 0.6) is 0 Å². The third-order valence-electron chi connectivity index (χ3n) is 1.93. The fourth-order valence-electron chi connectivity index (χ4n) is 0.995. The summed E-state index contributed by atoms with van der Waals surface area (Å²) in [5, 5.41) is 0. The second-order valence-corrected chi connectivity index (χ2v) is 4.25. The molecule has 0 unspecified atom stereocenters. The van der Waals surface area contributed by atoms with Crippen molar-refractivity contribution in [3.8, 4) is 0 Å². The van der Waals surface area contributed by atoms with Gasteiger partial charge in [0.1, 0.15) is 5.78 Å². The van der Waals surface area contributed by atoms with Crippen LogP contribution < -0.4 is 5.73 Å². The largest absolute Gasteiger partial charge is 0.321 e. The van der Waals surface area contributed by atoms with Crippen molar-refractivity contribution in [2.24, 2.45) is 5.73 Å². The average molecular weight is 209 g/mol. The summed E-state index contributed by atoms with van der Waals surface area (Å²) < 4.78 is 0. The minimum atomic E-state index is -0.316. The Morgan fingerprint density at radius 2 is 2.07 bits per heavy atom. The molecule has 3 heteroatoms. The number of hydrogen-bond donors (Lipinski definition) is 1. The molecule has 0 fully saturated rings. The zero-order valence-electron chi connectivity index (χ0n) is 8.27. The molecule has 2 nitrogen and oxygen atoms in total. The van der Waals surface area contributed by atoms with Gasteiger partial charge in [-0.1, -0.05) is 30.3 Å². The number of carbonyl (C=O) groups excluding carboxylic acids is 1. The van der Waals surface area contributed by atoms with E-state index in [1.165, 1.54) is 12.5 Å². The van der Waals surface area contributed by atoms with Gasteiger partial charge in [0.25, 0.3) is 0 Å². The molecule has 0 saturated heterocycles. The first-order valence-corrected chi connectivity index (χ1v) is 5.73. The van der Waals surface area contributed by atoms with Gasteiger partial charge < -0.3 is 5.73 Å². The van der Waals surface area contributed by atoms with E-state index in [0.717, 1.165) is 5.75 Å². The summed E-state index contributed by atoms with van der Waals surface area (Å²) in [5.74, 6) is 1.68. The first kappa shape index (κ1) is 11.3. The highest BCUT2D eigenvalue weighted by molar-refractivity contribution is 7.98. The molecule has 2 N–H and O–H groups in total. The van der Waals surface area contributed by atoms with Gasteiger partial charge in [0.15, 0.2) is 0 Å². The topological polar surface area (TPSA) is 43.1 Å². The number of hydrogen-bond acceptors (Lipinski definition) is 3. The van der Waals surface area contributed by atoms with E-state index >= 15 is 0 Å². The van der Waals surface area contributed by atoms with E-state index in [2.05, 4.69) is 12.1 Å². The molecule has 0 aromatic heterocycles. The van der Waals surface area contributed by atoms with Crippen LogP contribution in [0.3, 0.4) is 0 Å². The molecule has 0 aliphatic heterocycles. The first-order chi connectivity index (χ1) is 6.70. The molecule has 0 radical (unpaired) electrons. The van der Waals surface area contributed by atoms with Crippen molar-refractivity contribution in [2.75, 3.05) is 5.75 Å². The van der Waals surface area contributed by atoms with Crippen LogP contribution in [-0.2, 0) is 10.5 Å². The normalized spacial score (nSPS) is 12.4. The third kappa shape index (κ3) is 3.94. The zero-order chi connectivity index (χ0) is 10.4. The Bertz CT molecular complexity index is 287. The van der Waals surface area contributed by atoms with Crippen LogP contribution in [0.1, 0.15) is 12.5 Å². The monoisotopic (exact) mass is 209 g/mol. The van der Waals surface area contributed by atoms with E-state index in [9.17, 15) is 4.79 Å². The number of carbonyl (C=O) groups is 1. The Morgan fingerprint density at radius 3 is 2.64 bits per heavy atom. The Balaban J connectivity index is 2.26. The van der Waals surface area contributed by atoms with Gasteiger partial charge in [-0.05, 0) is 12.5 Å². The molecule has 1 aromatic carbocycles. The van der Waals surface area contributed by atoms with Gasteiger partial charge in [0, 0.05) is 11.5 Å². The molecule has 0 amide bonds. The molecule has 14 heavy (non-hydrogen) atoms. The maximum absolute atomic E-state index is 10.8. The number of Topliss-reactive ketones (excluding diaryl/α,β-unsaturated/α-hetero) is 1. The second-order valence-electron chi connectivity index (χ2n) is 3.22. The molecule has 0 saturated carbocycles. The summed E-state index contributed by atoms with van der Waals surface area (Å²) in [5.41, 5.74) is 6.88. The summed E-state index contributed by atoms with van der Waals surface area (Å²) in [6.07, 6.45) is 0. The van der Waals surface area contributed by atoms with Crippen molar-refractivity contribution in [3.63, 3.8) is 0 Å². The number of thioether (sulfide) groups is 1. The van der Waals surface area contributed by atoms with Gasteiger partial charge in [-0.25, -0.2) is 0 Å². The molecule has 1 aromatic rings. The summed E-state index contributed by atoms with van der Waals surface area (Å²) in [6, 6.07) is 9.86. The lowest BCUT2D eigenvalue weighted by atomic mass is 10.2. The standard InChI is InChI=1S/C11H15NOS/c1-9(13)11(12)8-14-7-10-5-3-2-4-6-10/h2-6,11H,7-8,12H2,1H3/t11-/m0/s1. The maximum Gasteiger partial charge on any atom is 0.147 e. The highest BCUT2D eigenvalue weighted by Gasteiger charge is 2.07. The Hall–Kier alpha value is -0.800. The lowest BCUT2D eigenvalue weighted by Crippen LogP contribution is -2.30. The van der Waals surface area contributed by atoms with Gasteiger partial charge in [0.05, 0.1) is 6.04 Å². The molecule has 0 bridgehead atoms. The predicted molar refractivity (Wildman–Crippen MR) is 61.3 cm³/mol. The third-order valence-corrected chi connectivity index (χ3v) is 3.06. The molecule has 1 rings (SSSR count). The zero-order valence-corrected chi connectivity index (χ0v) is 9.09. The predicted octanol–water partition coefficient (Wildman–Crippen LogP) is 1.84. The van der Waals surface area contributed by atoms with E-state index in [1.54, 1.807) is 11.8 Å². The van der Waals surface area contributed by atoms with Crippen molar-refractivity contribution in [2.45, 2.75) is 18.7 Å². The van der Waals surface area contributed by atoms with Gasteiger partial charge in [0.2, 0.25) is 0 Å². The summed E-state index contributed by atoms with van der Waals surface area (Å²) >= 11 is 1.70. The highest BCUT2D eigenvalue weighted by Crippen LogP contribution is 2.12. The van der Waals surface area contributed by atoms with E-state index < -0.39 is 0 Å². The number of nitrogens with two attached hydrogens (primary N) is 1. The van der Waals surface area contributed by atoms with Gasteiger partial charge in [-0.3, -0.25) is 4.79 Å². The van der Waals surface area contributed by atoms with E-state index in [-0.39, 0.29) is 11.8 Å². The van der Waals surface area contributed by atoms with Gasteiger partial charge in [-0.2, -0.15) is 11.8 Å². The second kappa shape index (κ2) is 5.83. The smallest absolute Gasteiger partial charge is 0.147 e. The van der Waals surface area contributed by atoms with Crippen molar-refractivity contribution in [3.05, 3.63) is 35.9 Å². The molecular formula is C11H15NOS. The minimum Gasteiger partial charge on any atom is -0.321 e. The lowest BCUT2D eigenvalue weighted by molar-refractivity contribution is -0.117. The molecule has 0 spiro atoms. The minimum absolute atomic E-state index is 0.0607. The molecule has 0 aliphatic carbocycles. The first-order valence-electron chi connectivity index (χ1n) is 4.58. The van der Waals surface area contributed by atoms with Crippen molar-refractivity contribution < 1.29 is 4.79 Å². The van der Waals surface area contributed by atoms with Gasteiger partial charge >= 0.3 is 0 Å². The fourth-order valence-corrected chi connectivity index (χ4v) is 2.03. The Kier molecular flexibility index (Phi) is 4.70. The van der Waals surface area contributed by atoms with E-state index in [0.29, 0.717) is 5.75 Å². The molecule has 0 aliphatic rings. The Labute approximate surface area is 88.9 Å². The van der Waals surface area contributed by atoms with Crippen LogP contribution >= 0.6 is 11.8 Å². The van der Waals surface area contributed by atoms with E-state index in [4.69, 9.17) is 5.73 Å². The summed E-state index contributed by atoms with van der Waals surface area (Å²) in [4.78, 5) is 10.8. The van der Waals surface area contributed by atoms with Crippen LogP contribution in [-0.4, -0.2) is 17.6 Å². The summed E-state index contributed by atoms with van der Waals surface area (Å²) in [6.45, 7) is 1.54. The lowest BCUT2D eigenvalue weighted by Gasteiger charge is -2.06. The van der Waals surface area contributed by atoms with Crippen molar-refractivity contribution >= 4 is 17.5 Å². The van der Waals surface area contributed by atoms with Crippen LogP contribution in [0.4, 0.5) is 0 Å². The Morgan fingerprint density at radius 1 is 1.43 bits per heavy atom. The number of rotatable bonds is 5. The van der Waals surface area contributed by atoms with Crippen LogP contribution in [0.2, 0.25) is 0 Å². The number of ketones is 1. The average Bonchev–Trinajstić information content (AvgIpc) is 2.19. The maximum atomic E-state index is 10.8. The SMILES string of the molecule is CC(=O)[C@@H](N)CSCc1ccccc1. The van der Waals surface area contributed by atoms with Crippen molar-refractivity contribution in [1.29, 1.82) is 0 Å². The van der Waals surface area contributed by atoms with Crippen LogP contribution in [0, 0.1) is 0 Å². The summed E-state index contributed by atoms with van der Waals surface area (Å²) in [7, 11) is 0. The van der Waals surface area contributed by atoms with E-state index in [1.807, 2.05) is 18.2 Å². The van der Waals surface area contributed by atoms with Crippen LogP contribution in [0.15, 0.2) is 30.3 Å². The molecular weight excluding hydrogens is 194 g/mol. The fraction of sp³-hybridized carbons (Fsp3) is 0.364. The molecule has 1 atom stereocenters. The highest BCUT2D eigenvalue weighted by atomic mass is 32.2. The van der Waals surface area contributed by atoms with Gasteiger partial charge in [-0.15, -0.1) is 0 Å². The van der Waals surface area contributed by atoms with Crippen molar-refractivity contribution in [1.82, 2.24) is 0 Å².